The lowest BCUT2D eigenvalue weighted by Crippen LogP contribution is -2.26. The molecule has 0 saturated heterocycles. The fraction of sp³-hybridized carbons (Fsp3) is 0.417. The third-order valence-electron chi connectivity index (χ3n) is 2.32. The maximum atomic E-state index is 12.6. The Labute approximate surface area is 94.5 Å². The molecule has 0 atom stereocenters. The van der Waals surface area contributed by atoms with Crippen molar-refractivity contribution >= 4 is 5.97 Å². The molecule has 0 aliphatic rings. The van der Waals surface area contributed by atoms with Crippen LogP contribution in [0.3, 0.4) is 0 Å². The van der Waals surface area contributed by atoms with Gasteiger partial charge in [-0.1, -0.05) is 12.1 Å². The number of hydrogen-bond donors (Lipinski definition) is 1. The normalized spacial score (nSPS) is 10.7. The second-order valence-corrected chi connectivity index (χ2v) is 3.86. The Kier molecular flexibility index (Phi) is 4.92. The van der Waals surface area contributed by atoms with Crippen LogP contribution in [-0.2, 0) is 11.2 Å². The van der Waals surface area contributed by atoms with Gasteiger partial charge in [0.15, 0.2) is 0 Å². The predicted molar refractivity (Wildman–Crippen MR) is 59.9 cm³/mol. The largest absolute Gasteiger partial charge is 0.480 e. The van der Waals surface area contributed by atoms with Gasteiger partial charge in [-0.3, -0.25) is 9.69 Å². The highest BCUT2D eigenvalue weighted by Gasteiger charge is 2.03. The summed E-state index contributed by atoms with van der Waals surface area (Å²) in [6, 6.07) is 6.39. The van der Waals surface area contributed by atoms with Gasteiger partial charge in [0.2, 0.25) is 0 Å². The van der Waals surface area contributed by atoms with Crippen LogP contribution in [0, 0.1) is 5.82 Å². The van der Waals surface area contributed by atoms with E-state index in [0.717, 1.165) is 24.9 Å². The van der Waals surface area contributed by atoms with E-state index in [9.17, 15) is 9.18 Å². The smallest absolute Gasteiger partial charge is 0.317 e. The van der Waals surface area contributed by atoms with Crippen molar-refractivity contribution in [2.45, 2.75) is 12.8 Å². The van der Waals surface area contributed by atoms with Crippen LogP contribution >= 0.6 is 0 Å². The number of hydrogen-bond acceptors (Lipinski definition) is 2. The first-order valence-corrected chi connectivity index (χ1v) is 5.22. The lowest BCUT2D eigenvalue weighted by molar-refractivity contribution is -0.137. The number of aryl methyl sites for hydroxylation is 1. The fourth-order valence-corrected chi connectivity index (χ4v) is 1.51. The van der Waals surface area contributed by atoms with Crippen molar-refractivity contribution in [3.05, 3.63) is 35.6 Å². The first kappa shape index (κ1) is 12.6. The van der Waals surface area contributed by atoms with Crippen molar-refractivity contribution < 1.29 is 14.3 Å². The van der Waals surface area contributed by atoms with Crippen LogP contribution in [0.1, 0.15) is 12.0 Å². The van der Waals surface area contributed by atoms with Gasteiger partial charge in [-0.05, 0) is 44.1 Å². The van der Waals surface area contributed by atoms with E-state index in [1.165, 1.54) is 12.1 Å². The molecule has 0 fully saturated rings. The second kappa shape index (κ2) is 6.23. The number of likely N-dealkylation sites (N-methyl/N-ethyl adjacent to an activating group) is 1. The fourth-order valence-electron chi connectivity index (χ4n) is 1.51. The SMILES string of the molecule is CN(CCCc1ccc(F)cc1)CC(=O)O. The average Bonchev–Trinajstić information content (AvgIpc) is 2.20. The molecule has 16 heavy (non-hydrogen) atoms. The van der Waals surface area contributed by atoms with Crippen LogP contribution in [-0.4, -0.2) is 36.1 Å². The zero-order valence-electron chi connectivity index (χ0n) is 9.32. The van der Waals surface area contributed by atoms with Crippen LogP contribution in [0.25, 0.3) is 0 Å². The molecule has 3 nitrogen and oxygen atoms in total. The maximum absolute atomic E-state index is 12.6. The van der Waals surface area contributed by atoms with Crippen LogP contribution < -0.4 is 0 Å². The molecule has 88 valence electrons. The van der Waals surface area contributed by atoms with Gasteiger partial charge >= 0.3 is 5.97 Å². The van der Waals surface area contributed by atoms with E-state index in [4.69, 9.17) is 5.11 Å². The number of nitrogens with zero attached hydrogens (tertiary/aromatic N) is 1. The molecule has 0 aromatic heterocycles. The molecule has 0 amide bonds. The molecule has 0 aliphatic carbocycles. The Morgan fingerprint density at radius 2 is 2.00 bits per heavy atom. The van der Waals surface area contributed by atoms with Gasteiger partial charge in [0.25, 0.3) is 0 Å². The minimum absolute atomic E-state index is 0.0589. The Morgan fingerprint density at radius 1 is 1.38 bits per heavy atom. The van der Waals surface area contributed by atoms with Gasteiger partial charge in [-0.15, -0.1) is 0 Å². The molecule has 4 heteroatoms. The Hall–Kier alpha value is -1.42. The van der Waals surface area contributed by atoms with E-state index in [1.807, 2.05) is 0 Å². The van der Waals surface area contributed by atoms with Crippen molar-refractivity contribution in [1.29, 1.82) is 0 Å². The van der Waals surface area contributed by atoms with Crippen LogP contribution in [0.4, 0.5) is 4.39 Å². The van der Waals surface area contributed by atoms with Gasteiger partial charge in [-0.2, -0.15) is 0 Å². The molecule has 0 aliphatic heterocycles. The van der Waals surface area contributed by atoms with E-state index in [2.05, 4.69) is 0 Å². The van der Waals surface area contributed by atoms with E-state index in [1.54, 1.807) is 24.1 Å². The summed E-state index contributed by atoms with van der Waals surface area (Å²) in [5.41, 5.74) is 1.07. The van der Waals surface area contributed by atoms with Gasteiger partial charge in [0.1, 0.15) is 5.82 Å². The molecule has 0 unspecified atom stereocenters. The van der Waals surface area contributed by atoms with E-state index in [-0.39, 0.29) is 12.4 Å². The summed E-state index contributed by atoms with van der Waals surface area (Å²) in [5, 5.41) is 8.55. The van der Waals surface area contributed by atoms with Crippen molar-refractivity contribution in [1.82, 2.24) is 4.90 Å². The summed E-state index contributed by atoms with van der Waals surface area (Å²) >= 11 is 0. The van der Waals surface area contributed by atoms with Gasteiger partial charge < -0.3 is 5.11 Å². The lowest BCUT2D eigenvalue weighted by atomic mass is 10.1. The standard InChI is InChI=1S/C12H16FNO2/c1-14(9-12(15)16)8-2-3-10-4-6-11(13)7-5-10/h4-7H,2-3,8-9H2,1H3,(H,15,16). The Balaban J connectivity index is 2.25. The molecule has 1 N–H and O–H groups in total. The third-order valence-corrected chi connectivity index (χ3v) is 2.32. The molecule has 1 aromatic rings. The highest BCUT2D eigenvalue weighted by Crippen LogP contribution is 2.05. The zero-order chi connectivity index (χ0) is 12.0. The second-order valence-electron chi connectivity index (χ2n) is 3.86. The highest BCUT2D eigenvalue weighted by atomic mass is 19.1. The van der Waals surface area contributed by atoms with Crippen molar-refractivity contribution in [2.24, 2.45) is 0 Å². The monoisotopic (exact) mass is 225 g/mol. The van der Waals surface area contributed by atoms with Crippen LogP contribution in [0.5, 0.6) is 0 Å². The average molecular weight is 225 g/mol. The van der Waals surface area contributed by atoms with Crippen molar-refractivity contribution in [2.75, 3.05) is 20.1 Å². The predicted octanol–water partition coefficient (Wildman–Crippen LogP) is 1.77. The van der Waals surface area contributed by atoms with E-state index >= 15 is 0 Å². The van der Waals surface area contributed by atoms with Crippen LogP contribution in [0.15, 0.2) is 24.3 Å². The summed E-state index contributed by atoms with van der Waals surface area (Å²) in [7, 11) is 1.78. The molecular weight excluding hydrogens is 209 g/mol. The number of halogens is 1. The summed E-state index contributed by atoms with van der Waals surface area (Å²) in [5.74, 6) is -1.05. The van der Waals surface area contributed by atoms with Gasteiger partial charge in [0.05, 0.1) is 6.54 Å². The molecule has 0 spiro atoms. The third kappa shape index (κ3) is 4.89. The number of carboxylic acid groups (broad SMARTS) is 1. The van der Waals surface area contributed by atoms with E-state index < -0.39 is 5.97 Å². The first-order valence-electron chi connectivity index (χ1n) is 5.22. The minimum Gasteiger partial charge on any atom is -0.480 e. The van der Waals surface area contributed by atoms with Crippen LogP contribution in [0.2, 0.25) is 0 Å². The van der Waals surface area contributed by atoms with Gasteiger partial charge in [-0.25, -0.2) is 4.39 Å². The molecule has 1 rings (SSSR count). The first-order chi connectivity index (χ1) is 7.58. The molecule has 0 heterocycles. The molecule has 0 radical (unpaired) electrons. The zero-order valence-corrected chi connectivity index (χ0v) is 9.32. The topological polar surface area (TPSA) is 40.5 Å². The number of carbonyl (C=O) groups is 1. The minimum atomic E-state index is -0.815. The molecule has 0 bridgehead atoms. The lowest BCUT2D eigenvalue weighted by Gasteiger charge is -2.13. The molecular formula is C12H16FNO2. The highest BCUT2D eigenvalue weighted by molar-refractivity contribution is 5.68. The number of benzene rings is 1. The maximum Gasteiger partial charge on any atom is 0.317 e. The number of carboxylic acids is 1. The van der Waals surface area contributed by atoms with Gasteiger partial charge in [0, 0.05) is 0 Å². The molecule has 0 saturated carbocycles. The quantitative estimate of drug-likeness (QED) is 0.802. The van der Waals surface area contributed by atoms with Crippen molar-refractivity contribution in [3.63, 3.8) is 0 Å². The molecule has 1 aromatic carbocycles. The summed E-state index contributed by atoms with van der Waals surface area (Å²) < 4.78 is 12.6. The van der Waals surface area contributed by atoms with Crippen molar-refractivity contribution in [3.8, 4) is 0 Å². The Bertz CT molecular complexity index is 337. The van der Waals surface area contributed by atoms with E-state index in [0.29, 0.717) is 0 Å². The summed E-state index contributed by atoms with van der Waals surface area (Å²) in [6.07, 6.45) is 1.71. The number of aliphatic carboxylic acids is 1. The Morgan fingerprint density at radius 3 is 2.56 bits per heavy atom. The summed E-state index contributed by atoms with van der Waals surface area (Å²) in [4.78, 5) is 12.2. The number of rotatable bonds is 6. The summed E-state index contributed by atoms with van der Waals surface area (Å²) in [6.45, 7) is 0.785.